The van der Waals surface area contributed by atoms with Gasteiger partial charge in [-0.3, -0.25) is 4.79 Å². The molecule has 0 unspecified atom stereocenters. The van der Waals surface area contributed by atoms with E-state index in [1.165, 1.54) is 0 Å². The molecule has 2 aromatic rings. The van der Waals surface area contributed by atoms with Crippen LogP contribution in [0.5, 0.6) is 0 Å². The minimum absolute atomic E-state index is 0.0807. The highest BCUT2D eigenvalue weighted by molar-refractivity contribution is 14.1. The number of nitrogens with zero attached hydrogens (tertiary/aromatic N) is 3. The third-order valence-corrected chi connectivity index (χ3v) is 4.88. The molecule has 2 fully saturated rings. The van der Waals surface area contributed by atoms with Crippen LogP contribution in [0.2, 0.25) is 0 Å². The van der Waals surface area contributed by atoms with Gasteiger partial charge in [0.1, 0.15) is 3.70 Å². The summed E-state index contributed by atoms with van der Waals surface area (Å²) in [7, 11) is 0. The van der Waals surface area contributed by atoms with E-state index >= 15 is 0 Å². The third-order valence-electron chi connectivity index (χ3n) is 4.11. The second-order valence-corrected chi connectivity index (χ2v) is 6.62. The average Bonchev–Trinajstić information content (AvgIpc) is 3.11. The number of hydrogen-bond donors (Lipinski definition) is 0. The summed E-state index contributed by atoms with van der Waals surface area (Å²) in [6.07, 6.45) is 2.89. The summed E-state index contributed by atoms with van der Waals surface area (Å²) in [6.45, 7) is 3.42. The molecule has 6 heteroatoms. The first kappa shape index (κ1) is 12.6. The van der Waals surface area contributed by atoms with Gasteiger partial charge in [0.05, 0.1) is 36.0 Å². The number of aromatic nitrogens is 2. The van der Waals surface area contributed by atoms with Crippen LogP contribution in [0.25, 0.3) is 5.52 Å². The fourth-order valence-corrected chi connectivity index (χ4v) is 4.02. The first-order chi connectivity index (χ1) is 9.63. The van der Waals surface area contributed by atoms with Crippen molar-refractivity contribution in [2.24, 2.45) is 0 Å². The molecule has 0 radical (unpaired) electrons. The van der Waals surface area contributed by atoms with Gasteiger partial charge in [0.15, 0.2) is 0 Å². The molecule has 104 valence electrons. The standard InChI is InChI=1S/C14H14IN3O2/c1-8-2-12-11(5-16-18(12)13(15)3-8)14(19)17-6-10-4-9(17)7-20-10/h2-3,5,9-10H,4,6-7H2,1H3/t9-,10-/m0/s1. The fourth-order valence-electron chi connectivity index (χ4n) is 3.14. The lowest BCUT2D eigenvalue weighted by Crippen LogP contribution is -2.41. The highest BCUT2D eigenvalue weighted by Gasteiger charge is 2.42. The third kappa shape index (κ3) is 1.77. The highest BCUT2D eigenvalue weighted by atomic mass is 127. The van der Waals surface area contributed by atoms with E-state index in [9.17, 15) is 4.79 Å². The van der Waals surface area contributed by atoms with Crippen molar-refractivity contribution in [3.05, 3.63) is 33.2 Å². The Balaban J connectivity index is 1.77. The predicted molar refractivity (Wildman–Crippen MR) is 81.8 cm³/mol. The van der Waals surface area contributed by atoms with Crippen molar-refractivity contribution in [2.75, 3.05) is 13.2 Å². The van der Waals surface area contributed by atoms with Crippen LogP contribution in [0, 0.1) is 10.6 Å². The number of rotatable bonds is 1. The number of amides is 1. The lowest BCUT2D eigenvalue weighted by Gasteiger charge is -2.26. The number of ether oxygens (including phenoxy) is 1. The number of carbonyl (C=O) groups is 1. The van der Waals surface area contributed by atoms with Gasteiger partial charge in [-0.15, -0.1) is 0 Å². The maximum Gasteiger partial charge on any atom is 0.258 e. The number of morpholine rings is 1. The predicted octanol–water partition coefficient (Wildman–Crippen LogP) is 1.86. The molecular weight excluding hydrogens is 369 g/mol. The molecule has 0 saturated carbocycles. The molecule has 4 rings (SSSR count). The van der Waals surface area contributed by atoms with E-state index < -0.39 is 0 Å². The molecule has 4 heterocycles. The van der Waals surface area contributed by atoms with E-state index in [4.69, 9.17) is 4.74 Å². The van der Waals surface area contributed by atoms with Crippen LogP contribution in [-0.4, -0.2) is 45.7 Å². The molecule has 1 amide bonds. The summed E-state index contributed by atoms with van der Waals surface area (Å²) in [5.41, 5.74) is 2.73. The van der Waals surface area contributed by atoms with Crippen LogP contribution in [0.1, 0.15) is 22.3 Å². The van der Waals surface area contributed by atoms with Crippen molar-refractivity contribution in [1.82, 2.24) is 14.5 Å². The van der Waals surface area contributed by atoms with Crippen LogP contribution < -0.4 is 0 Å². The van der Waals surface area contributed by atoms with Crippen LogP contribution in [0.3, 0.4) is 0 Å². The molecule has 0 aromatic carbocycles. The zero-order valence-corrected chi connectivity index (χ0v) is 13.2. The lowest BCUT2D eigenvalue weighted by atomic mass is 10.2. The van der Waals surface area contributed by atoms with Crippen LogP contribution in [0.15, 0.2) is 18.3 Å². The van der Waals surface area contributed by atoms with Crippen molar-refractivity contribution >= 4 is 34.0 Å². The molecule has 20 heavy (non-hydrogen) atoms. The quantitative estimate of drug-likeness (QED) is 0.558. The lowest BCUT2D eigenvalue weighted by molar-refractivity contribution is 0.0260. The molecule has 0 spiro atoms. The van der Waals surface area contributed by atoms with Gasteiger partial charge in [-0.1, -0.05) is 0 Å². The molecular formula is C14H14IN3O2. The van der Waals surface area contributed by atoms with E-state index in [1.807, 2.05) is 22.4 Å². The van der Waals surface area contributed by atoms with E-state index in [-0.39, 0.29) is 18.1 Å². The second-order valence-electron chi connectivity index (χ2n) is 5.51. The molecule has 2 atom stereocenters. The van der Waals surface area contributed by atoms with Gasteiger partial charge < -0.3 is 9.64 Å². The van der Waals surface area contributed by atoms with Crippen molar-refractivity contribution in [1.29, 1.82) is 0 Å². The van der Waals surface area contributed by atoms with E-state index in [0.29, 0.717) is 18.7 Å². The van der Waals surface area contributed by atoms with Crippen molar-refractivity contribution in [3.8, 4) is 0 Å². The zero-order valence-electron chi connectivity index (χ0n) is 11.0. The molecule has 0 aliphatic carbocycles. The van der Waals surface area contributed by atoms with Crippen molar-refractivity contribution < 1.29 is 9.53 Å². The van der Waals surface area contributed by atoms with E-state index in [0.717, 1.165) is 21.2 Å². The molecule has 5 nitrogen and oxygen atoms in total. The van der Waals surface area contributed by atoms with Gasteiger partial charge in [0.2, 0.25) is 0 Å². The van der Waals surface area contributed by atoms with Gasteiger partial charge in [-0.2, -0.15) is 5.10 Å². The summed E-state index contributed by atoms with van der Waals surface area (Å²) in [6, 6.07) is 4.32. The van der Waals surface area contributed by atoms with Crippen LogP contribution in [0.4, 0.5) is 0 Å². The first-order valence-corrected chi connectivity index (χ1v) is 7.78. The minimum atomic E-state index is 0.0807. The molecule has 2 bridgehead atoms. The monoisotopic (exact) mass is 383 g/mol. The topological polar surface area (TPSA) is 46.8 Å². The number of halogens is 1. The van der Waals surface area contributed by atoms with Crippen molar-refractivity contribution in [2.45, 2.75) is 25.5 Å². The Morgan fingerprint density at radius 3 is 3.05 bits per heavy atom. The average molecular weight is 383 g/mol. The smallest absolute Gasteiger partial charge is 0.258 e. The van der Waals surface area contributed by atoms with Gasteiger partial charge in [-0.25, -0.2) is 4.52 Å². The van der Waals surface area contributed by atoms with E-state index in [1.54, 1.807) is 6.20 Å². The Bertz CT molecular complexity index is 712. The zero-order chi connectivity index (χ0) is 13.9. The van der Waals surface area contributed by atoms with Gasteiger partial charge in [0, 0.05) is 6.54 Å². The number of pyridine rings is 1. The summed E-state index contributed by atoms with van der Waals surface area (Å²) in [5.74, 6) is 0.0807. The highest BCUT2D eigenvalue weighted by Crippen LogP contribution is 2.30. The number of fused-ring (bicyclic) bond motifs is 3. The first-order valence-electron chi connectivity index (χ1n) is 6.70. The molecule has 2 aliphatic rings. The van der Waals surface area contributed by atoms with Crippen LogP contribution >= 0.6 is 22.6 Å². The Hall–Kier alpha value is -1.15. The number of aryl methyl sites for hydroxylation is 1. The van der Waals surface area contributed by atoms with Gasteiger partial charge >= 0.3 is 0 Å². The Morgan fingerprint density at radius 1 is 1.50 bits per heavy atom. The number of hydrogen-bond acceptors (Lipinski definition) is 3. The normalized spacial score (nSPS) is 24.8. The molecule has 2 aliphatic heterocycles. The SMILES string of the molecule is Cc1cc(I)n2ncc(C(=O)N3C[C@@H]4C[C@H]3CO4)c2c1. The molecule has 0 N–H and O–H groups in total. The Labute approximate surface area is 130 Å². The Morgan fingerprint density at radius 2 is 2.35 bits per heavy atom. The van der Waals surface area contributed by atoms with Crippen LogP contribution in [-0.2, 0) is 4.74 Å². The Kier molecular flexibility index (Phi) is 2.78. The maximum absolute atomic E-state index is 12.7. The molecule has 2 saturated heterocycles. The molecule has 2 aromatic heterocycles. The largest absolute Gasteiger partial charge is 0.374 e. The van der Waals surface area contributed by atoms with E-state index in [2.05, 4.69) is 33.8 Å². The minimum Gasteiger partial charge on any atom is -0.374 e. The second kappa shape index (κ2) is 4.42. The summed E-state index contributed by atoms with van der Waals surface area (Å²) in [4.78, 5) is 14.7. The van der Waals surface area contributed by atoms with Gasteiger partial charge in [0.25, 0.3) is 5.91 Å². The van der Waals surface area contributed by atoms with Gasteiger partial charge in [-0.05, 0) is 53.6 Å². The summed E-state index contributed by atoms with van der Waals surface area (Å²) >= 11 is 2.24. The summed E-state index contributed by atoms with van der Waals surface area (Å²) < 4.78 is 8.40. The van der Waals surface area contributed by atoms with Crippen molar-refractivity contribution in [3.63, 3.8) is 0 Å². The summed E-state index contributed by atoms with van der Waals surface area (Å²) in [5, 5.41) is 4.34. The number of likely N-dealkylation sites (tertiary alicyclic amines) is 1. The number of carbonyl (C=O) groups excluding carboxylic acids is 1. The maximum atomic E-state index is 12.7. The fraction of sp³-hybridized carbons (Fsp3) is 0.429.